The van der Waals surface area contributed by atoms with Gasteiger partial charge in [-0.05, 0) is 88.8 Å². The molecule has 0 radical (unpaired) electrons. The third-order valence-electron chi connectivity index (χ3n) is 5.76. The SMILES string of the molecule is CCOc1cc(/C=C2\SC(=O)N(Cc3cc4c(cc3Cl)OCO4)C2=O)cc(I)c1OCc1ccc(Cl)cc1Cl. The summed E-state index contributed by atoms with van der Waals surface area (Å²) in [5.74, 6) is 1.69. The highest BCUT2D eigenvalue weighted by Crippen LogP contribution is 2.41. The number of halogens is 4. The van der Waals surface area contributed by atoms with Gasteiger partial charge in [0, 0.05) is 26.7 Å². The predicted molar refractivity (Wildman–Crippen MR) is 160 cm³/mol. The number of thioether (sulfide) groups is 1. The van der Waals surface area contributed by atoms with Crippen molar-refractivity contribution in [1.82, 2.24) is 4.90 Å². The zero-order chi connectivity index (χ0) is 27.7. The first-order valence-electron chi connectivity index (χ1n) is 11.6. The quantitative estimate of drug-likeness (QED) is 0.172. The third-order valence-corrected chi connectivity index (χ3v) is 8.41. The van der Waals surface area contributed by atoms with Crippen LogP contribution in [0, 0.1) is 3.57 Å². The molecular formula is C27H19Cl3INO6S. The zero-order valence-corrected chi connectivity index (χ0v) is 25.5. The lowest BCUT2D eigenvalue weighted by atomic mass is 10.1. The molecule has 0 N–H and O–H groups in total. The number of carbonyl (C=O) groups excluding carboxylic acids is 2. The summed E-state index contributed by atoms with van der Waals surface area (Å²) in [6.07, 6.45) is 1.66. The van der Waals surface area contributed by atoms with Gasteiger partial charge in [0.15, 0.2) is 23.0 Å². The maximum absolute atomic E-state index is 13.2. The number of hydrogen-bond donors (Lipinski definition) is 0. The van der Waals surface area contributed by atoms with E-state index in [-0.39, 0.29) is 30.1 Å². The van der Waals surface area contributed by atoms with E-state index in [4.69, 9.17) is 53.8 Å². The number of ether oxygens (including phenoxy) is 4. The van der Waals surface area contributed by atoms with Gasteiger partial charge in [0.25, 0.3) is 11.1 Å². The summed E-state index contributed by atoms with van der Waals surface area (Å²) in [5, 5.41) is 1.04. The molecule has 2 amide bonds. The van der Waals surface area contributed by atoms with E-state index in [2.05, 4.69) is 22.6 Å². The normalized spacial score (nSPS) is 15.4. The van der Waals surface area contributed by atoms with Crippen molar-refractivity contribution in [2.75, 3.05) is 13.4 Å². The van der Waals surface area contributed by atoms with Crippen molar-refractivity contribution in [1.29, 1.82) is 0 Å². The molecule has 2 heterocycles. The first kappa shape index (κ1) is 28.2. The fourth-order valence-electron chi connectivity index (χ4n) is 3.90. The van der Waals surface area contributed by atoms with Gasteiger partial charge in [0.2, 0.25) is 6.79 Å². The van der Waals surface area contributed by atoms with Gasteiger partial charge in [0.1, 0.15) is 6.61 Å². The van der Waals surface area contributed by atoms with Crippen LogP contribution in [0.3, 0.4) is 0 Å². The Morgan fingerprint density at radius 1 is 1.00 bits per heavy atom. The van der Waals surface area contributed by atoms with Crippen LogP contribution in [0.15, 0.2) is 47.4 Å². The van der Waals surface area contributed by atoms with Gasteiger partial charge in [-0.1, -0.05) is 40.9 Å². The van der Waals surface area contributed by atoms with Crippen LogP contribution in [0.4, 0.5) is 4.79 Å². The van der Waals surface area contributed by atoms with Crippen molar-refractivity contribution in [2.24, 2.45) is 0 Å². The van der Waals surface area contributed by atoms with Crippen LogP contribution in [0.5, 0.6) is 23.0 Å². The van der Waals surface area contributed by atoms with Crippen LogP contribution < -0.4 is 18.9 Å². The second-order valence-electron chi connectivity index (χ2n) is 8.35. The number of benzene rings is 3. The summed E-state index contributed by atoms with van der Waals surface area (Å²) in [5.41, 5.74) is 2.05. The fourth-order valence-corrected chi connectivity index (χ4v) is 6.20. The molecule has 0 bridgehead atoms. The lowest BCUT2D eigenvalue weighted by molar-refractivity contribution is -0.123. The highest BCUT2D eigenvalue weighted by molar-refractivity contribution is 14.1. The Kier molecular flexibility index (Phi) is 8.72. The first-order chi connectivity index (χ1) is 18.7. The molecule has 0 aliphatic carbocycles. The summed E-state index contributed by atoms with van der Waals surface area (Å²) in [6, 6.07) is 12.1. The van der Waals surface area contributed by atoms with Crippen LogP contribution in [0.25, 0.3) is 6.08 Å². The van der Waals surface area contributed by atoms with Crippen molar-refractivity contribution in [3.05, 3.63) is 82.7 Å². The van der Waals surface area contributed by atoms with Gasteiger partial charge in [0.05, 0.1) is 21.6 Å². The smallest absolute Gasteiger partial charge is 0.293 e. The summed E-state index contributed by atoms with van der Waals surface area (Å²) in [6.45, 7) is 2.60. The van der Waals surface area contributed by atoms with Gasteiger partial charge < -0.3 is 18.9 Å². The molecular weight excluding hydrogens is 700 g/mol. The van der Waals surface area contributed by atoms with E-state index in [1.54, 1.807) is 42.5 Å². The topological polar surface area (TPSA) is 74.3 Å². The molecule has 3 aromatic rings. The molecule has 0 saturated carbocycles. The van der Waals surface area contributed by atoms with E-state index in [1.807, 2.05) is 13.0 Å². The van der Waals surface area contributed by atoms with Crippen LogP contribution in [-0.2, 0) is 17.9 Å². The Balaban J connectivity index is 1.36. The number of amides is 2. The minimum Gasteiger partial charge on any atom is -0.490 e. The van der Waals surface area contributed by atoms with Crippen molar-refractivity contribution in [2.45, 2.75) is 20.1 Å². The molecule has 2 aliphatic heterocycles. The van der Waals surface area contributed by atoms with Crippen LogP contribution in [0.2, 0.25) is 15.1 Å². The Morgan fingerprint density at radius 3 is 2.49 bits per heavy atom. The predicted octanol–water partition coefficient (Wildman–Crippen LogP) is 8.19. The summed E-state index contributed by atoms with van der Waals surface area (Å²) < 4.78 is 23.4. The molecule has 2 aliphatic rings. The van der Waals surface area contributed by atoms with Crippen molar-refractivity contribution >= 4 is 86.4 Å². The second kappa shape index (κ2) is 12.1. The standard InChI is InChI=1S/C27H19Cl3INO6S/c1-2-35-23-6-14(5-20(31)25(23)36-12-15-3-4-17(28)9-18(15)29)7-24-26(33)32(27(34)39-24)11-16-8-21-22(10-19(16)30)38-13-37-21/h3-10H,2,11-13H2,1H3/b24-7-. The van der Waals surface area contributed by atoms with E-state index in [0.717, 1.165) is 25.8 Å². The average molecular weight is 719 g/mol. The van der Waals surface area contributed by atoms with E-state index < -0.39 is 5.91 Å². The van der Waals surface area contributed by atoms with Crippen LogP contribution in [-0.4, -0.2) is 29.4 Å². The number of imide groups is 1. The maximum atomic E-state index is 13.2. The molecule has 0 atom stereocenters. The van der Waals surface area contributed by atoms with Crippen LogP contribution >= 0.6 is 69.2 Å². The molecule has 0 aromatic heterocycles. The third kappa shape index (κ3) is 6.22. The largest absolute Gasteiger partial charge is 0.490 e. The molecule has 12 heteroatoms. The molecule has 1 fully saturated rings. The number of nitrogens with zero attached hydrogens (tertiary/aromatic N) is 1. The lowest BCUT2D eigenvalue weighted by Crippen LogP contribution is -2.27. The lowest BCUT2D eigenvalue weighted by Gasteiger charge is -2.16. The first-order valence-corrected chi connectivity index (χ1v) is 14.6. The Bertz CT molecular complexity index is 1520. The van der Waals surface area contributed by atoms with Gasteiger partial charge in [-0.3, -0.25) is 14.5 Å². The van der Waals surface area contributed by atoms with E-state index >= 15 is 0 Å². The number of hydrogen-bond acceptors (Lipinski definition) is 7. The number of fused-ring (bicyclic) bond motifs is 1. The molecule has 202 valence electrons. The van der Waals surface area contributed by atoms with Gasteiger partial charge in [-0.15, -0.1) is 0 Å². The summed E-state index contributed by atoms with van der Waals surface area (Å²) in [7, 11) is 0. The van der Waals surface area contributed by atoms with Crippen molar-refractivity contribution < 1.29 is 28.5 Å². The van der Waals surface area contributed by atoms with E-state index in [1.165, 1.54) is 0 Å². The molecule has 5 rings (SSSR count). The highest BCUT2D eigenvalue weighted by atomic mass is 127. The van der Waals surface area contributed by atoms with E-state index in [0.29, 0.717) is 55.8 Å². The van der Waals surface area contributed by atoms with Gasteiger partial charge >= 0.3 is 0 Å². The zero-order valence-electron chi connectivity index (χ0n) is 20.3. The van der Waals surface area contributed by atoms with Gasteiger partial charge in [-0.2, -0.15) is 0 Å². The second-order valence-corrected chi connectivity index (χ2v) is 11.8. The van der Waals surface area contributed by atoms with Crippen molar-refractivity contribution in [3.8, 4) is 23.0 Å². The summed E-state index contributed by atoms with van der Waals surface area (Å²) in [4.78, 5) is 27.4. The maximum Gasteiger partial charge on any atom is 0.293 e. The van der Waals surface area contributed by atoms with Gasteiger partial charge in [-0.25, -0.2) is 0 Å². The molecule has 39 heavy (non-hydrogen) atoms. The van der Waals surface area contributed by atoms with Crippen molar-refractivity contribution in [3.63, 3.8) is 0 Å². The molecule has 1 saturated heterocycles. The van der Waals surface area contributed by atoms with E-state index in [9.17, 15) is 9.59 Å². The Morgan fingerprint density at radius 2 is 1.74 bits per heavy atom. The minimum atomic E-state index is -0.413. The number of rotatable bonds is 8. The monoisotopic (exact) mass is 717 g/mol. The highest BCUT2D eigenvalue weighted by Gasteiger charge is 2.36. The fraction of sp³-hybridized carbons (Fsp3) is 0.185. The Labute approximate surface area is 257 Å². The molecule has 3 aromatic carbocycles. The molecule has 0 unspecified atom stereocenters. The van der Waals surface area contributed by atoms with Crippen LogP contribution in [0.1, 0.15) is 23.6 Å². The summed E-state index contributed by atoms with van der Waals surface area (Å²) >= 11 is 21.7. The molecule has 0 spiro atoms. The minimum absolute atomic E-state index is 0.0131. The molecule has 7 nitrogen and oxygen atoms in total. The Hall–Kier alpha value is -2.31. The number of carbonyl (C=O) groups is 2. The average Bonchev–Trinajstić information content (AvgIpc) is 3.44.